The van der Waals surface area contributed by atoms with Crippen LogP contribution in [0.4, 0.5) is 0 Å². The van der Waals surface area contributed by atoms with Crippen LogP contribution in [0.3, 0.4) is 0 Å². The summed E-state index contributed by atoms with van der Waals surface area (Å²) in [6, 6.07) is 0. The molecule has 0 aromatic heterocycles. The Labute approximate surface area is 70.2 Å². The molecule has 0 heterocycles. The Morgan fingerprint density at radius 1 is 1.17 bits per heavy atom. The molecule has 0 amide bonds. The standard InChI is InChI=1S/4ClH.Sn.Zn/h4*1H;;/q;;;;2*+2/p-4. The molecular formula is Cl4SnZn. The summed E-state index contributed by atoms with van der Waals surface area (Å²) >= 11 is -1.76. The van der Waals surface area contributed by atoms with Crippen LogP contribution >= 0.6 is 37.2 Å². The predicted molar refractivity (Wildman–Crippen MR) is 29.2 cm³/mol. The maximum absolute atomic E-state index is 4.95. The van der Waals surface area contributed by atoms with Crippen molar-refractivity contribution in [3.63, 3.8) is 0 Å². The Morgan fingerprint density at radius 3 is 1.17 bits per heavy atom. The molecule has 6 heteroatoms. The van der Waals surface area contributed by atoms with Gasteiger partial charge >= 0.3 is 71.3 Å². The molecule has 0 spiro atoms. The van der Waals surface area contributed by atoms with E-state index < -0.39 is 34.0 Å². The third-order valence-electron chi connectivity index (χ3n) is 0. The molecule has 0 bridgehead atoms. The molecule has 0 rings (SSSR count). The van der Waals surface area contributed by atoms with Gasteiger partial charge in [-0.3, -0.25) is 0 Å². The molecule has 0 atom stereocenters. The Morgan fingerprint density at radius 2 is 1.17 bits per heavy atom. The molecule has 0 aromatic rings. The molecule has 0 unspecified atom stereocenters. The molecule has 0 aliphatic rings. The zero-order valence-corrected chi connectivity index (χ0v) is 11.6. The first-order chi connectivity index (χ1) is 2.83. The van der Waals surface area contributed by atoms with Crippen LogP contribution < -0.4 is 0 Å². The molecule has 6 heavy (non-hydrogen) atoms. The van der Waals surface area contributed by atoms with E-state index in [9.17, 15) is 0 Å². The number of hydrogen-bond acceptors (Lipinski definition) is 0. The average Bonchev–Trinajstić information content (AvgIpc) is 1.39. The van der Waals surface area contributed by atoms with Gasteiger partial charge in [-0.2, -0.15) is 0 Å². The summed E-state index contributed by atoms with van der Waals surface area (Å²) in [5.41, 5.74) is 0. The van der Waals surface area contributed by atoms with E-state index in [1.165, 1.54) is 0 Å². The quantitative estimate of drug-likeness (QED) is 0.600. The summed E-state index contributed by atoms with van der Waals surface area (Å²) in [6.45, 7) is 0. The van der Waals surface area contributed by atoms with E-state index in [0.29, 0.717) is 0 Å². The Kier molecular flexibility index (Phi) is 29.7. The molecule has 0 saturated carbocycles. The second kappa shape index (κ2) is 15.6. The summed E-state index contributed by atoms with van der Waals surface area (Å²) in [4.78, 5) is 0. The third kappa shape index (κ3) is 30.8. The topological polar surface area (TPSA) is 0 Å². The fraction of sp³-hybridized carbons (Fsp3) is 0. The van der Waals surface area contributed by atoms with Gasteiger partial charge in [-0.25, -0.2) is 0 Å². The first-order valence-electron chi connectivity index (χ1n) is 0.912. The SMILES string of the molecule is [Cl][Sn][Cl].[Cl][Zn][Cl]. The van der Waals surface area contributed by atoms with E-state index >= 15 is 0 Å². The van der Waals surface area contributed by atoms with Gasteiger partial charge in [0.25, 0.3) is 0 Å². The molecule has 2 radical (unpaired) electrons. The Hall–Kier alpha value is 2.58. The molecule has 0 N–H and O–H groups in total. The van der Waals surface area contributed by atoms with Gasteiger partial charge < -0.3 is 0 Å². The van der Waals surface area contributed by atoms with Crippen LogP contribution in [0, 0.1) is 0 Å². The molecule has 0 nitrogen and oxygen atoms in total. The molecule has 0 aliphatic carbocycles. The zero-order chi connectivity index (χ0) is 5.41. The van der Waals surface area contributed by atoms with Crippen molar-refractivity contribution in [1.82, 2.24) is 0 Å². The summed E-state index contributed by atoms with van der Waals surface area (Å²) < 4.78 is 0. The summed E-state index contributed by atoms with van der Waals surface area (Å²) in [5.74, 6) is 0. The van der Waals surface area contributed by atoms with Crippen molar-refractivity contribution in [1.29, 1.82) is 0 Å². The van der Waals surface area contributed by atoms with Crippen LogP contribution in [0.5, 0.6) is 0 Å². The second-order valence-corrected chi connectivity index (χ2v) is 9.04. The van der Waals surface area contributed by atoms with Crippen molar-refractivity contribution in [2.75, 3.05) is 0 Å². The van der Waals surface area contributed by atoms with Crippen LogP contribution in [-0.4, -0.2) is 18.9 Å². The van der Waals surface area contributed by atoms with E-state index in [1.807, 2.05) is 0 Å². The number of rotatable bonds is 0. The van der Waals surface area contributed by atoms with Crippen LogP contribution in [0.25, 0.3) is 0 Å². The fourth-order valence-corrected chi connectivity index (χ4v) is 0. The van der Waals surface area contributed by atoms with Gasteiger partial charge in [0.2, 0.25) is 0 Å². The molecule has 0 fully saturated rings. The van der Waals surface area contributed by atoms with Crippen LogP contribution in [0.2, 0.25) is 0 Å². The third-order valence-corrected chi connectivity index (χ3v) is 0. The first kappa shape index (κ1) is 11.4. The van der Waals surface area contributed by atoms with Crippen LogP contribution in [0.1, 0.15) is 0 Å². The van der Waals surface area contributed by atoms with Crippen molar-refractivity contribution in [2.45, 2.75) is 0 Å². The van der Waals surface area contributed by atoms with Gasteiger partial charge in [-0.05, 0) is 0 Å². The van der Waals surface area contributed by atoms with Crippen molar-refractivity contribution >= 4 is 56.1 Å². The Bertz CT molecular complexity index is 9.51. The monoisotopic (exact) mass is 324 g/mol. The second-order valence-electron chi connectivity index (χ2n) is 0.172. The molecule has 0 saturated heterocycles. The summed E-state index contributed by atoms with van der Waals surface area (Å²) in [6.07, 6.45) is 0. The van der Waals surface area contributed by atoms with E-state index in [-0.39, 0.29) is 0 Å². The molecular weight excluding hydrogens is 326 g/mol. The average molecular weight is 326 g/mol. The van der Waals surface area contributed by atoms with Crippen molar-refractivity contribution < 1.29 is 15.1 Å². The molecule has 0 aromatic carbocycles. The number of halogens is 4. The minimum atomic E-state index is -0.931. The summed E-state index contributed by atoms with van der Waals surface area (Å²) in [7, 11) is 19.8. The van der Waals surface area contributed by atoms with Crippen molar-refractivity contribution in [3.8, 4) is 0 Å². The minimum absolute atomic E-state index is 0.826. The van der Waals surface area contributed by atoms with E-state index in [2.05, 4.69) is 0 Å². The van der Waals surface area contributed by atoms with E-state index in [0.717, 1.165) is 0 Å². The van der Waals surface area contributed by atoms with Crippen LogP contribution in [-0.2, 0) is 15.1 Å². The maximum atomic E-state index is 4.95. The van der Waals surface area contributed by atoms with E-state index in [4.69, 9.17) is 37.2 Å². The first-order valence-corrected chi connectivity index (χ1v) is 15.9. The van der Waals surface area contributed by atoms with Crippen molar-refractivity contribution in [2.24, 2.45) is 0 Å². The number of hydrogen-bond donors (Lipinski definition) is 0. The van der Waals surface area contributed by atoms with Gasteiger partial charge in [-0.15, -0.1) is 0 Å². The molecule has 34 valence electrons. The molecule has 0 aliphatic heterocycles. The summed E-state index contributed by atoms with van der Waals surface area (Å²) in [5, 5.41) is 0. The van der Waals surface area contributed by atoms with Gasteiger partial charge in [0.05, 0.1) is 0 Å². The van der Waals surface area contributed by atoms with Gasteiger partial charge in [0.15, 0.2) is 0 Å². The normalized spacial score (nSPS) is 4.67. The van der Waals surface area contributed by atoms with Gasteiger partial charge in [0.1, 0.15) is 0 Å². The fourth-order valence-electron chi connectivity index (χ4n) is 0. The predicted octanol–water partition coefficient (Wildman–Crippen LogP) is 2.37. The Balaban J connectivity index is 0. The van der Waals surface area contributed by atoms with Crippen molar-refractivity contribution in [3.05, 3.63) is 0 Å². The van der Waals surface area contributed by atoms with Crippen LogP contribution in [0.15, 0.2) is 0 Å². The van der Waals surface area contributed by atoms with E-state index in [1.54, 1.807) is 0 Å². The van der Waals surface area contributed by atoms with Gasteiger partial charge in [0, 0.05) is 0 Å². The zero-order valence-electron chi connectivity index (χ0n) is 2.72. The van der Waals surface area contributed by atoms with Gasteiger partial charge in [-0.1, -0.05) is 0 Å².